The predicted octanol–water partition coefficient (Wildman–Crippen LogP) is 3.89. The van der Waals surface area contributed by atoms with Gasteiger partial charge in [0.15, 0.2) is 4.80 Å². The molecule has 1 heterocycles. The van der Waals surface area contributed by atoms with Crippen molar-refractivity contribution in [2.75, 3.05) is 7.11 Å². The van der Waals surface area contributed by atoms with Crippen LogP contribution in [-0.4, -0.2) is 23.6 Å². The van der Waals surface area contributed by atoms with Crippen molar-refractivity contribution in [3.05, 3.63) is 28.1 Å². The predicted molar refractivity (Wildman–Crippen MR) is 103 cm³/mol. The maximum atomic E-state index is 12.5. The molecule has 1 saturated carbocycles. The van der Waals surface area contributed by atoms with Crippen LogP contribution in [0.25, 0.3) is 10.2 Å². The minimum absolute atomic E-state index is 0.0644. The molecule has 1 fully saturated rings. The molecule has 6 heteroatoms. The van der Waals surface area contributed by atoms with Crippen molar-refractivity contribution >= 4 is 33.4 Å². The molecule has 1 amide bonds. The third-order valence-electron chi connectivity index (χ3n) is 5.04. The molecular weight excluding hydrogens is 348 g/mol. The fraction of sp³-hybridized carbons (Fsp3) is 0.550. The molecule has 0 aliphatic heterocycles. The summed E-state index contributed by atoms with van der Waals surface area (Å²) in [6, 6.07) is 4.14. The van der Waals surface area contributed by atoms with Gasteiger partial charge in [-0.05, 0) is 49.8 Å². The number of benzene rings is 1. The summed E-state index contributed by atoms with van der Waals surface area (Å²) in [5.41, 5.74) is 3.18. The number of methoxy groups -OCH3 is 1. The second-order valence-corrected chi connectivity index (χ2v) is 8.17. The largest absolute Gasteiger partial charge is 0.468 e. The van der Waals surface area contributed by atoms with Crippen LogP contribution in [-0.2, 0) is 20.9 Å². The Morgan fingerprint density at radius 1 is 1.23 bits per heavy atom. The third-order valence-corrected chi connectivity index (χ3v) is 6.27. The molecule has 26 heavy (non-hydrogen) atoms. The lowest BCUT2D eigenvalue weighted by Gasteiger charge is -2.19. The van der Waals surface area contributed by atoms with Gasteiger partial charge in [-0.25, -0.2) is 0 Å². The molecule has 0 saturated heterocycles. The monoisotopic (exact) mass is 374 g/mol. The second-order valence-electron chi connectivity index (χ2n) is 7.19. The zero-order valence-electron chi connectivity index (χ0n) is 15.7. The van der Waals surface area contributed by atoms with Crippen LogP contribution in [0.4, 0.5) is 0 Å². The quantitative estimate of drug-likeness (QED) is 0.763. The van der Waals surface area contributed by atoms with Crippen molar-refractivity contribution < 1.29 is 14.3 Å². The fourth-order valence-electron chi connectivity index (χ4n) is 3.73. The molecule has 0 atom stereocenters. The van der Waals surface area contributed by atoms with Gasteiger partial charge in [0.05, 0.1) is 17.3 Å². The number of rotatable bonds is 4. The van der Waals surface area contributed by atoms with Crippen LogP contribution in [0.1, 0.15) is 49.7 Å². The van der Waals surface area contributed by atoms with Crippen LogP contribution < -0.4 is 4.80 Å². The van der Waals surface area contributed by atoms with Gasteiger partial charge in [-0.1, -0.05) is 36.7 Å². The average molecular weight is 375 g/mol. The van der Waals surface area contributed by atoms with Gasteiger partial charge >= 0.3 is 5.97 Å². The van der Waals surface area contributed by atoms with Crippen LogP contribution in [0.15, 0.2) is 17.1 Å². The summed E-state index contributed by atoms with van der Waals surface area (Å²) in [5.74, 6) is 0.0221. The van der Waals surface area contributed by atoms with Gasteiger partial charge < -0.3 is 9.30 Å². The van der Waals surface area contributed by atoms with E-state index in [1.165, 1.54) is 37.7 Å². The normalized spacial score (nSPS) is 16.2. The maximum absolute atomic E-state index is 12.5. The minimum atomic E-state index is -0.343. The highest BCUT2D eigenvalue weighted by molar-refractivity contribution is 7.16. The highest BCUT2D eigenvalue weighted by Gasteiger charge is 2.18. The second kappa shape index (κ2) is 8.16. The van der Waals surface area contributed by atoms with Crippen molar-refractivity contribution in [1.29, 1.82) is 0 Å². The third kappa shape index (κ3) is 4.23. The van der Waals surface area contributed by atoms with Crippen LogP contribution in [0.5, 0.6) is 0 Å². The molecule has 5 nitrogen and oxygen atoms in total. The molecule has 1 aromatic heterocycles. The number of hydrogen-bond acceptors (Lipinski definition) is 4. The first-order valence-electron chi connectivity index (χ1n) is 9.23. The molecular formula is C20H26N2O3S. The highest BCUT2D eigenvalue weighted by Crippen LogP contribution is 2.27. The zero-order valence-corrected chi connectivity index (χ0v) is 16.5. The number of carbonyl (C=O) groups is 2. The van der Waals surface area contributed by atoms with E-state index in [0.717, 1.165) is 34.2 Å². The van der Waals surface area contributed by atoms with Gasteiger partial charge in [-0.2, -0.15) is 4.99 Å². The molecule has 0 bridgehead atoms. The average Bonchev–Trinajstić information content (AvgIpc) is 2.93. The summed E-state index contributed by atoms with van der Waals surface area (Å²) in [6.45, 7) is 4.13. The van der Waals surface area contributed by atoms with E-state index in [2.05, 4.69) is 11.1 Å². The standard InChI is InChI=1S/C20H26N2O3S/c1-13-9-14(2)19-16(10-13)22(12-18(24)25-3)20(26-19)21-17(23)11-15-7-5-4-6-8-15/h9-10,15H,4-8,11-12H2,1-3H3. The Kier molecular flexibility index (Phi) is 5.91. The fourth-order valence-corrected chi connectivity index (χ4v) is 4.83. The van der Waals surface area contributed by atoms with Crippen LogP contribution >= 0.6 is 11.3 Å². The lowest BCUT2D eigenvalue weighted by atomic mass is 9.87. The molecule has 0 radical (unpaired) electrons. The van der Waals surface area contributed by atoms with E-state index in [1.54, 1.807) is 0 Å². The van der Waals surface area contributed by atoms with Gasteiger partial charge in [-0.15, -0.1) is 0 Å². The van der Waals surface area contributed by atoms with Crippen LogP contribution in [0.3, 0.4) is 0 Å². The van der Waals surface area contributed by atoms with E-state index in [-0.39, 0.29) is 18.4 Å². The number of fused-ring (bicyclic) bond motifs is 1. The number of carbonyl (C=O) groups excluding carboxylic acids is 2. The number of nitrogens with zero attached hydrogens (tertiary/aromatic N) is 2. The number of hydrogen-bond donors (Lipinski definition) is 0. The van der Waals surface area contributed by atoms with Crippen molar-refractivity contribution in [2.24, 2.45) is 10.9 Å². The Labute approximate surface area is 157 Å². The maximum Gasteiger partial charge on any atom is 0.325 e. The Morgan fingerprint density at radius 3 is 2.65 bits per heavy atom. The Morgan fingerprint density at radius 2 is 1.96 bits per heavy atom. The molecule has 0 spiro atoms. The topological polar surface area (TPSA) is 60.7 Å². The number of esters is 1. The number of amides is 1. The zero-order chi connectivity index (χ0) is 18.7. The van der Waals surface area contributed by atoms with Crippen LogP contribution in [0.2, 0.25) is 0 Å². The molecule has 0 unspecified atom stereocenters. The minimum Gasteiger partial charge on any atom is -0.468 e. The highest BCUT2D eigenvalue weighted by atomic mass is 32.1. The van der Waals surface area contributed by atoms with E-state index in [0.29, 0.717) is 17.1 Å². The summed E-state index contributed by atoms with van der Waals surface area (Å²) >= 11 is 1.47. The Balaban J connectivity index is 1.99. The molecule has 140 valence electrons. The first kappa shape index (κ1) is 18.8. The molecule has 1 aromatic carbocycles. The lowest BCUT2D eigenvalue weighted by molar-refractivity contribution is -0.141. The summed E-state index contributed by atoms with van der Waals surface area (Å²) < 4.78 is 7.70. The van der Waals surface area contributed by atoms with E-state index in [4.69, 9.17) is 4.74 Å². The number of aryl methyl sites for hydroxylation is 2. The van der Waals surface area contributed by atoms with E-state index >= 15 is 0 Å². The summed E-state index contributed by atoms with van der Waals surface area (Å²) in [7, 11) is 1.37. The van der Waals surface area contributed by atoms with E-state index in [9.17, 15) is 9.59 Å². The summed E-state index contributed by atoms with van der Waals surface area (Å²) in [4.78, 5) is 29.4. The number of aromatic nitrogens is 1. The lowest BCUT2D eigenvalue weighted by Crippen LogP contribution is -2.23. The summed E-state index contributed by atoms with van der Waals surface area (Å²) in [6.07, 6.45) is 6.44. The Bertz CT molecular complexity index is 888. The summed E-state index contributed by atoms with van der Waals surface area (Å²) in [5, 5.41) is 0. The van der Waals surface area contributed by atoms with Crippen molar-refractivity contribution in [3.63, 3.8) is 0 Å². The van der Waals surface area contributed by atoms with Crippen molar-refractivity contribution in [3.8, 4) is 0 Å². The van der Waals surface area contributed by atoms with Gasteiger partial charge in [0.25, 0.3) is 0 Å². The van der Waals surface area contributed by atoms with E-state index in [1.807, 2.05) is 24.5 Å². The van der Waals surface area contributed by atoms with Gasteiger partial charge in [-0.3, -0.25) is 9.59 Å². The molecule has 1 aliphatic rings. The molecule has 0 N–H and O–H groups in total. The van der Waals surface area contributed by atoms with E-state index < -0.39 is 0 Å². The van der Waals surface area contributed by atoms with Crippen molar-refractivity contribution in [1.82, 2.24) is 4.57 Å². The van der Waals surface area contributed by atoms with Crippen molar-refractivity contribution in [2.45, 2.75) is 58.9 Å². The molecule has 1 aliphatic carbocycles. The SMILES string of the molecule is COC(=O)Cn1c(=NC(=O)CC2CCCCC2)sc2c(C)cc(C)cc21. The number of ether oxygens (including phenoxy) is 1. The van der Waals surface area contributed by atoms with Gasteiger partial charge in [0, 0.05) is 6.42 Å². The smallest absolute Gasteiger partial charge is 0.325 e. The Hall–Kier alpha value is -1.95. The molecule has 3 rings (SSSR count). The van der Waals surface area contributed by atoms with Crippen LogP contribution in [0, 0.1) is 19.8 Å². The first-order valence-corrected chi connectivity index (χ1v) is 10.0. The van der Waals surface area contributed by atoms with Gasteiger partial charge in [0.2, 0.25) is 5.91 Å². The van der Waals surface area contributed by atoms with Gasteiger partial charge in [0.1, 0.15) is 6.54 Å². The first-order chi connectivity index (χ1) is 12.5. The molecule has 2 aromatic rings. The number of thiazole rings is 1.